The molecule has 9 heteroatoms. The highest BCUT2D eigenvalue weighted by molar-refractivity contribution is 6.33. The normalized spacial score (nSPS) is 11.1. The number of carbonyl (C=O) groups is 2. The first-order valence-electron chi connectivity index (χ1n) is 3.99. The van der Waals surface area contributed by atoms with Crippen LogP contribution in [0, 0.1) is 0 Å². The number of hydrogen-bond acceptors (Lipinski definition) is 3. The van der Waals surface area contributed by atoms with Crippen molar-refractivity contribution in [3.05, 3.63) is 23.0 Å². The summed E-state index contributed by atoms with van der Waals surface area (Å²) in [6.07, 6.45) is -4.26. The van der Waals surface area contributed by atoms with Crippen LogP contribution < -0.4 is 5.32 Å². The van der Waals surface area contributed by atoms with E-state index in [9.17, 15) is 22.8 Å². The van der Waals surface area contributed by atoms with E-state index < -0.39 is 29.4 Å². The molecule has 5 nitrogen and oxygen atoms in total. The van der Waals surface area contributed by atoms with Gasteiger partial charge in [-0.25, -0.2) is 9.78 Å². The molecule has 0 aliphatic rings. The maximum atomic E-state index is 11.9. The van der Waals surface area contributed by atoms with Gasteiger partial charge in [0.15, 0.2) is 0 Å². The smallest absolute Gasteiger partial charge is 0.471 e. The standard InChI is InChI=1S/C8H4ClF3N2O3/c9-3-2-13-5(6(15)16)1-4(3)14-7(17)8(10,11)12/h1-2H,(H,15,16)(H,13,14,17). The van der Waals surface area contributed by atoms with Gasteiger partial charge in [-0.15, -0.1) is 0 Å². The fraction of sp³-hybridized carbons (Fsp3) is 0.125. The highest BCUT2D eigenvalue weighted by Crippen LogP contribution is 2.24. The third-order valence-corrected chi connectivity index (χ3v) is 1.88. The van der Waals surface area contributed by atoms with E-state index in [2.05, 4.69) is 4.98 Å². The number of nitrogens with one attached hydrogen (secondary N) is 1. The maximum absolute atomic E-state index is 11.9. The van der Waals surface area contributed by atoms with Gasteiger partial charge in [-0.2, -0.15) is 13.2 Å². The Morgan fingerprint density at radius 2 is 2.00 bits per heavy atom. The molecular weight excluding hydrogens is 265 g/mol. The van der Waals surface area contributed by atoms with E-state index in [-0.39, 0.29) is 5.02 Å². The van der Waals surface area contributed by atoms with Crippen molar-refractivity contribution in [1.29, 1.82) is 0 Å². The molecule has 0 aromatic carbocycles. The lowest BCUT2D eigenvalue weighted by Gasteiger charge is -2.09. The zero-order chi connectivity index (χ0) is 13.2. The van der Waals surface area contributed by atoms with Gasteiger partial charge in [0, 0.05) is 6.20 Å². The zero-order valence-corrected chi connectivity index (χ0v) is 8.63. The number of rotatable bonds is 2. The van der Waals surface area contributed by atoms with Gasteiger partial charge in [-0.05, 0) is 6.07 Å². The largest absolute Gasteiger partial charge is 0.477 e. The van der Waals surface area contributed by atoms with E-state index in [1.165, 1.54) is 5.32 Å². The number of hydrogen-bond donors (Lipinski definition) is 2. The summed E-state index contributed by atoms with van der Waals surface area (Å²) in [4.78, 5) is 24.5. The molecule has 0 atom stereocenters. The lowest BCUT2D eigenvalue weighted by Crippen LogP contribution is -2.30. The minimum absolute atomic E-state index is 0.299. The lowest BCUT2D eigenvalue weighted by atomic mass is 10.3. The van der Waals surface area contributed by atoms with Crippen LogP contribution in [0.3, 0.4) is 0 Å². The maximum Gasteiger partial charge on any atom is 0.471 e. The monoisotopic (exact) mass is 268 g/mol. The van der Waals surface area contributed by atoms with E-state index >= 15 is 0 Å². The molecule has 1 aromatic heterocycles. The third kappa shape index (κ3) is 3.31. The van der Waals surface area contributed by atoms with Crippen molar-refractivity contribution in [2.24, 2.45) is 0 Å². The van der Waals surface area contributed by atoms with Crippen molar-refractivity contribution >= 4 is 29.2 Å². The van der Waals surface area contributed by atoms with Crippen molar-refractivity contribution in [1.82, 2.24) is 4.98 Å². The lowest BCUT2D eigenvalue weighted by molar-refractivity contribution is -0.167. The average Bonchev–Trinajstić information content (AvgIpc) is 2.19. The van der Waals surface area contributed by atoms with Gasteiger partial charge in [-0.1, -0.05) is 11.6 Å². The SMILES string of the molecule is O=C(O)c1cc(NC(=O)C(F)(F)F)c(Cl)cn1. The molecule has 0 fully saturated rings. The highest BCUT2D eigenvalue weighted by Gasteiger charge is 2.39. The van der Waals surface area contributed by atoms with E-state index in [1.807, 2.05) is 0 Å². The van der Waals surface area contributed by atoms with E-state index in [1.54, 1.807) is 0 Å². The number of amides is 1. The zero-order valence-electron chi connectivity index (χ0n) is 7.88. The summed E-state index contributed by atoms with van der Waals surface area (Å²) in [5.41, 5.74) is -1.01. The van der Waals surface area contributed by atoms with Crippen molar-refractivity contribution in [2.45, 2.75) is 6.18 Å². The molecule has 0 saturated carbocycles. The Hall–Kier alpha value is -1.83. The summed E-state index contributed by atoms with van der Waals surface area (Å²) in [7, 11) is 0. The second kappa shape index (κ2) is 4.58. The van der Waals surface area contributed by atoms with Gasteiger partial charge in [0.25, 0.3) is 0 Å². The minimum atomic E-state index is -5.09. The number of carbonyl (C=O) groups excluding carboxylic acids is 1. The molecule has 0 aliphatic heterocycles. The predicted octanol–water partition coefficient (Wildman–Crippen LogP) is 1.93. The van der Waals surface area contributed by atoms with E-state index in [4.69, 9.17) is 16.7 Å². The minimum Gasteiger partial charge on any atom is -0.477 e. The van der Waals surface area contributed by atoms with Crippen LogP contribution >= 0.6 is 11.6 Å². The molecule has 0 radical (unpaired) electrons. The first-order valence-corrected chi connectivity index (χ1v) is 4.36. The summed E-state index contributed by atoms with van der Waals surface area (Å²) in [5.74, 6) is -3.70. The number of pyridine rings is 1. The summed E-state index contributed by atoms with van der Waals surface area (Å²) in [6, 6.07) is 0.730. The van der Waals surface area contributed by atoms with Crippen LogP contribution in [0.15, 0.2) is 12.3 Å². The summed E-state index contributed by atoms with van der Waals surface area (Å²) in [6.45, 7) is 0. The van der Waals surface area contributed by atoms with Gasteiger partial charge in [0.05, 0.1) is 10.7 Å². The summed E-state index contributed by atoms with van der Waals surface area (Å²) in [5, 5.41) is 9.70. The molecule has 17 heavy (non-hydrogen) atoms. The summed E-state index contributed by atoms with van der Waals surface area (Å²) < 4.78 is 35.8. The Morgan fingerprint density at radius 1 is 1.41 bits per heavy atom. The Balaban J connectivity index is 3.02. The molecule has 1 rings (SSSR count). The van der Waals surface area contributed by atoms with Crippen LogP contribution in [-0.2, 0) is 4.79 Å². The number of carboxylic acids is 1. The number of anilines is 1. The van der Waals surface area contributed by atoms with Crippen LogP contribution in [-0.4, -0.2) is 28.1 Å². The van der Waals surface area contributed by atoms with Crippen molar-refractivity contribution in [3.63, 3.8) is 0 Å². The molecule has 0 saturated heterocycles. The van der Waals surface area contributed by atoms with Gasteiger partial charge in [0.1, 0.15) is 5.69 Å². The molecule has 1 heterocycles. The molecule has 0 spiro atoms. The molecule has 1 aromatic rings. The van der Waals surface area contributed by atoms with Gasteiger partial charge < -0.3 is 10.4 Å². The number of alkyl halides is 3. The van der Waals surface area contributed by atoms with Gasteiger partial charge in [0.2, 0.25) is 0 Å². The Bertz CT molecular complexity index is 476. The van der Waals surface area contributed by atoms with Crippen molar-refractivity contribution in [2.75, 3.05) is 5.32 Å². The first kappa shape index (κ1) is 13.2. The van der Waals surface area contributed by atoms with Gasteiger partial charge >= 0.3 is 18.1 Å². The van der Waals surface area contributed by atoms with Crippen LogP contribution in [0.5, 0.6) is 0 Å². The number of carboxylic acid groups (broad SMARTS) is 1. The first-order chi connectivity index (χ1) is 7.71. The molecule has 0 bridgehead atoms. The fourth-order valence-corrected chi connectivity index (χ4v) is 0.995. The van der Waals surface area contributed by atoms with E-state index in [0.29, 0.717) is 0 Å². The third-order valence-electron chi connectivity index (χ3n) is 1.58. The highest BCUT2D eigenvalue weighted by atomic mass is 35.5. The number of aromatic nitrogens is 1. The predicted molar refractivity (Wildman–Crippen MR) is 50.9 cm³/mol. The average molecular weight is 269 g/mol. The Kier molecular flexibility index (Phi) is 3.56. The van der Waals surface area contributed by atoms with Crippen molar-refractivity contribution in [3.8, 4) is 0 Å². The van der Waals surface area contributed by atoms with Crippen molar-refractivity contribution < 1.29 is 27.9 Å². The van der Waals surface area contributed by atoms with Gasteiger partial charge in [-0.3, -0.25) is 4.79 Å². The van der Waals surface area contributed by atoms with Crippen LogP contribution in [0.25, 0.3) is 0 Å². The molecule has 0 unspecified atom stereocenters. The van der Waals surface area contributed by atoms with Crippen LogP contribution in [0.4, 0.5) is 18.9 Å². The molecular formula is C8H4ClF3N2O3. The second-order valence-corrected chi connectivity index (χ2v) is 3.21. The number of aromatic carboxylic acids is 1. The Labute approximate surface area is 97.2 Å². The number of nitrogens with zero attached hydrogens (tertiary/aromatic N) is 1. The topological polar surface area (TPSA) is 79.3 Å². The second-order valence-electron chi connectivity index (χ2n) is 2.81. The van der Waals surface area contributed by atoms with Crippen LogP contribution in [0.2, 0.25) is 5.02 Å². The molecule has 92 valence electrons. The Morgan fingerprint density at radius 3 is 2.47 bits per heavy atom. The quantitative estimate of drug-likeness (QED) is 0.859. The number of halogens is 4. The fourth-order valence-electron chi connectivity index (χ4n) is 0.845. The molecule has 1 amide bonds. The summed E-state index contributed by atoms with van der Waals surface area (Å²) >= 11 is 5.46. The molecule has 0 aliphatic carbocycles. The molecule has 2 N–H and O–H groups in total. The van der Waals surface area contributed by atoms with Crippen LogP contribution in [0.1, 0.15) is 10.5 Å². The van der Waals surface area contributed by atoms with E-state index in [0.717, 1.165) is 12.3 Å².